The van der Waals surface area contributed by atoms with Gasteiger partial charge in [-0.15, -0.1) is 0 Å². The zero-order valence-electron chi connectivity index (χ0n) is 9.01. The van der Waals surface area contributed by atoms with Crippen LogP contribution in [0.5, 0.6) is 0 Å². The summed E-state index contributed by atoms with van der Waals surface area (Å²) in [5.41, 5.74) is 3.84. The van der Waals surface area contributed by atoms with E-state index in [1.165, 1.54) is 0 Å². The molecule has 1 heterocycles. The predicted octanol–water partition coefficient (Wildman–Crippen LogP) is -1.85. The van der Waals surface area contributed by atoms with Crippen molar-refractivity contribution in [1.82, 2.24) is 5.32 Å². The summed E-state index contributed by atoms with van der Waals surface area (Å²) in [4.78, 5) is 32.9. The highest BCUT2D eigenvalue weighted by Gasteiger charge is 2.44. The van der Waals surface area contributed by atoms with Gasteiger partial charge in [0.05, 0.1) is 19.1 Å². The molecule has 1 aliphatic heterocycles. The van der Waals surface area contributed by atoms with E-state index < -0.39 is 35.8 Å². The first-order chi connectivity index (χ1) is 7.87. The number of nitrogens with two attached hydrogens (primary N) is 1. The molecule has 0 aromatic heterocycles. The van der Waals surface area contributed by atoms with Crippen molar-refractivity contribution in [3.63, 3.8) is 0 Å². The molecule has 1 amide bonds. The summed E-state index contributed by atoms with van der Waals surface area (Å²) < 4.78 is 4.93. The molecule has 1 saturated heterocycles. The number of carboxylic acids is 2. The first-order valence-electron chi connectivity index (χ1n) is 4.98. The van der Waals surface area contributed by atoms with E-state index in [2.05, 4.69) is 5.32 Å². The number of ether oxygens (including phenoxy) is 1. The summed E-state index contributed by atoms with van der Waals surface area (Å²) in [6.45, 7) is 0.0780. The number of hydrogen-bond donors (Lipinski definition) is 4. The maximum Gasteiger partial charge on any atom is 0.331 e. The smallest absolute Gasteiger partial charge is 0.331 e. The molecular formula is C9H14N2O6. The van der Waals surface area contributed by atoms with Gasteiger partial charge >= 0.3 is 11.9 Å². The van der Waals surface area contributed by atoms with Crippen molar-refractivity contribution in [3.8, 4) is 0 Å². The lowest BCUT2D eigenvalue weighted by Crippen LogP contribution is -2.59. The largest absolute Gasteiger partial charge is 0.481 e. The summed E-state index contributed by atoms with van der Waals surface area (Å²) in [7, 11) is 0. The second-order valence-electron chi connectivity index (χ2n) is 3.88. The Labute approximate surface area is 96.7 Å². The lowest BCUT2D eigenvalue weighted by Gasteiger charge is -2.25. The van der Waals surface area contributed by atoms with E-state index in [4.69, 9.17) is 20.7 Å². The Hall–Kier alpha value is -1.67. The molecule has 8 nitrogen and oxygen atoms in total. The van der Waals surface area contributed by atoms with Gasteiger partial charge in [0, 0.05) is 13.0 Å². The zero-order chi connectivity index (χ0) is 13.1. The fourth-order valence-corrected chi connectivity index (χ4v) is 1.50. The Morgan fingerprint density at radius 2 is 2.06 bits per heavy atom. The number of nitrogens with one attached hydrogen (secondary N) is 1. The average molecular weight is 246 g/mol. The van der Waals surface area contributed by atoms with Crippen LogP contribution < -0.4 is 11.1 Å². The van der Waals surface area contributed by atoms with E-state index in [1.807, 2.05) is 0 Å². The first kappa shape index (κ1) is 13.4. The van der Waals surface area contributed by atoms with E-state index in [1.54, 1.807) is 0 Å². The number of amides is 1. The third-order valence-corrected chi connectivity index (χ3v) is 2.52. The Kier molecular flexibility index (Phi) is 4.02. The maximum absolute atomic E-state index is 11.5. The lowest BCUT2D eigenvalue weighted by atomic mass is 9.98. The van der Waals surface area contributed by atoms with Crippen molar-refractivity contribution in [1.29, 1.82) is 0 Å². The molecule has 96 valence electrons. The van der Waals surface area contributed by atoms with Gasteiger partial charge in [-0.05, 0) is 0 Å². The van der Waals surface area contributed by atoms with Crippen molar-refractivity contribution >= 4 is 17.8 Å². The monoisotopic (exact) mass is 246 g/mol. The minimum absolute atomic E-state index is 0.133. The van der Waals surface area contributed by atoms with Crippen LogP contribution in [0.1, 0.15) is 12.8 Å². The molecule has 0 spiro atoms. The second-order valence-corrected chi connectivity index (χ2v) is 3.88. The summed E-state index contributed by atoms with van der Waals surface area (Å²) in [6, 6.07) is -1.27. The topological polar surface area (TPSA) is 139 Å². The van der Waals surface area contributed by atoms with Crippen LogP contribution in [0.4, 0.5) is 0 Å². The fraction of sp³-hybridized carbons (Fsp3) is 0.667. The highest BCUT2D eigenvalue weighted by Crippen LogP contribution is 2.19. The minimum atomic E-state index is -1.49. The Balaban J connectivity index is 2.65. The number of aliphatic carboxylic acids is 2. The van der Waals surface area contributed by atoms with Gasteiger partial charge in [0.1, 0.15) is 0 Å². The molecule has 0 aromatic rings. The summed E-state index contributed by atoms with van der Waals surface area (Å²) in [5.74, 6) is -3.24. The molecule has 0 radical (unpaired) electrons. The Morgan fingerprint density at radius 1 is 1.41 bits per heavy atom. The molecule has 5 N–H and O–H groups in total. The molecule has 2 atom stereocenters. The van der Waals surface area contributed by atoms with Crippen molar-refractivity contribution < 1.29 is 29.3 Å². The van der Waals surface area contributed by atoms with Crippen molar-refractivity contribution in [2.24, 2.45) is 5.73 Å². The van der Waals surface area contributed by atoms with Gasteiger partial charge in [0.15, 0.2) is 5.54 Å². The lowest BCUT2D eigenvalue weighted by molar-refractivity contribution is -0.148. The maximum atomic E-state index is 11.5. The van der Waals surface area contributed by atoms with Gasteiger partial charge in [0.2, 0.25) is 5.91 Å². The van der Waals surface area contributed by atoms with Crippen LogP contribution in [-0.4, -0.2) is 52.9 Å². The molecule has 0 aromatic carbocycles. The highest BCUT2D eigenvalue weighted by atomic mass is 16.5. The summed E-state index contributed by atoms with van der Waals surface area (Å²) >= 11 is 0. The van der Waals surface area contributed by atoms with E-state index in [0.717, 1.165) is 0 Å². The first-order valence-corrected chi connectivity index (χ1v) is 4.98. The molecular weight excluding hydrogens is 232 g/mol. The standard InChI is InChI=1S/C9H14N2O6/c10-5(3-6(12)13)7(14)11-9(8(15)16)1-2-17-4-9/h5H,1-4,10H2,(H,11,14)(H,12,13)(H,15,16). The minimum Gasteiger partial charge on any atom is -0.481 e. The van der Waals surface area contributed by atoms with E-state index in [0.29, 0.717) is 0 Å². The van der Waals surface area contributed by atoms with Crippen molar-refractivity contribution in [2.45, 2.75) is 24.4 Å². The molecule has 0 aliphatic carbocycles. The Morgan fingerprint density at radius 3 is 2.47 bits per heavy atom. The van der Waals surface area contributed by atoms with Gasteiger partial charge in [-0.2, -0.15) is 0 Å². The number of carboxylic acid groups (broad SMARTS) is 2. The van der Waals surface area contributed by atoms with Gasteiger partial charge in [-0.25, -0.2) is 4.79 Å². The average Bonchev–Trinajstić information content (AvgIpc) is 2.66. The molecule has 17 heavy (non-hydrogen) atoms. The quantitative estimate of drug-likeness (QED) is 0.446. The van der Waals surface area contributed by atoms with Gasteiger partial charge < -0.3 is 26.0 Å². The van der Waals surface area contributed by atoms with Crippen molar-refractivity contribution in [2.75, 3.05) is 13.2 Å². The van der Waals surface area contributed by atoms with Crippen LogP contribution >= 0.6 is 0 Å². The van der Waals surface area contributed by atoms with E-state index in [9.17, 15) is 14.4 Å². The van der Waals surface area contributed by atoms with Gasteiger partial charge in [-0.1, -0.05) is 0 Å². The van der Waals surface area contributed by atoms with Crippen LogP contribution in [0.15, 0.2) is 0 Å². The number of rotatable bonds is 5. The molecule has 0 bridgehead atoms. The van der Waals surface area contributed by atoms with Crippen LogP contribution in [0.25, 0.3) is 0 Å². The van der Waals surface area contributed by atoms with Crippen LogP contribution in [0.2, 0.25) is 0 Å². The summed E-state index contributed by atoms with van der Waals surface area (Å²) in [6.07, 6.45) is -0.420. The SMILES string of the molecule is NC(CC(=O)O)C(=O)NC1(C(=O)O)CCOC1. The van der Waals surface area contributed by atoms with Crippen LogP contribution in [0.3, 0.4) is 0 Å². The number of hydrogen-bond acceptors (Lipinski definition) is 5. The van der Waals surface area contributed by atoms with Gasteiger partial charge in [0.25, 0.3) is 0 Å². The molecule has 1 rings (SSSR count). The molecule has 1 fully saturated rings. The Bertz CT molecular complexity index is 336. The number of carbonyl (C=O) groups is 3. The number of carbonyl (C=O) groups excluding carboxylic acids is 1. The third-order valence-electron chi connectivity index (χ3n) is 2.52. The van der Waals surface area contributed by atoms with Gasteiger partial charge in [-0.3, -0.25) is 9.59 Å². The fourth-order valence-electron chi connectivity index (χ4n) is 1.50. The highest BCUT2D eigenvalue weighted by molar-refractivity contribution is 5.91. The van der Waals surface area contributed by atoms with Crippen LogP contribution in [0, 0.1) is 0 Å². The molecule has 2 unspecified atom stereocenters. The van der Waals surface area contributed by atoms with Crippen molar-refractivity contribution in [3.05, 3.63) is 0 Å². The second kappa shape index (κ2) is 5.11. The van der Waals surface area contributed by atoms with E-state index in [-0.39, 0.29) is 19.6 Å². The normalized spacial score (nSPS) is 25.2. The van der Waals surface area contributed by atoms with Crippen LogP contribution in [-0.2, 0) is 19.1 Å². The van der Waals surface area contributed by atoms with E-state index >= 15 is 0 Å². The zero-order valence-corrected chi connectivity index (χ0v) is 9.01. The molecule has 8 heteroatoms. The predicted molar refractivity (Wildman–Crippen MR) is 54.2 cm³/mol. The molecule has 1 aliphatic rings. The summed E-state index contributed by atoms with van der Waals surface area (Å²) in [5, 5.41) is 19.7. The molecule has 0 saturated carbocycles. The third kappa shape index (κ3) is 3.14.